The van der Waals surface area contributed by atoms with Crippen LogP contribution in [0, 0.1) is 5.92 Å². The van der Waals surface area contributed by atoms with Crippen molar-refractivity contribution in [3.63, 3.8) is 0 Å². The van der Waals surface area contributed by atoms with E-state index in [1.807, 2.05) is 6.92 Å². The van der Waals surface area contributed by atoms with E-state index in [1.165, 1.54) is 19.3 Å². The molecule has 1 aliphatic carbocycles. The van der Waals surface area contributed by atoms with Crippen LogP contribution in [0.25, 0.3) is 0 Å². The van der Waals surface area contributed by atoms with Gasteiger partial charge in [-0.3, -0.25) is 0 Å². The van der Waals surface area contributed by atoms with Crippen molar-refractivity contribution in [1.82, 2.24) is 0 Å². The first-order valence-electron chi connectivity index (χ1n) is 6.56. The molecule has 0 atom stereocenters. The highest BCUT2D eigenvalue weighted by Gasteiger charge is 2.17. The van der Waals surface area contributed by atoms with Gasteiger partial charge in [-0.05, 0) is 38.5 Å². The maximum Gasteiger partial charge on any atom is 0.383 e. The molecule has 0 aromatic heterocycles. The molecule has 16 heavy (non-hydrogen) atoms. The maximum absolute atomic E-state index is 5.81. The summed E-state index contributed by atoms with van der Waals surface area (Å²) in [6.07, 6.45) is 7.01. The van der Waals surface area contributed by atoms with Gasteiger partial charge in [0, 0.05) is 6.54 Å². The zero-order valence-corrected chi connectivity index (χ0v) is 10.9. The molecule has 0 radical (unpaired) electrons. The summed E-state index contributed by atoms with van der Waals surface area (Å²) in [5.41, 5.74) is 0. The van der Waals surface area contributed by atoms with E-state index in [0.717, 1.165) is 19.4 Å². The highest BCUT2D eigenvalue weighted by Crippen LogP contribution is 2.20. The first-order valence-corrected chi connectivity index (χ1v) is 6.56. The van der Waals surface area contributed by atoms with Crippen molar-refractivity contribution in [3.8, 4) is 0 Å². The number of ether oxygens (including phenoxy) is 2. The van der Waals surface area contributed by atoms with Gasteiger partial charge < -0.3 is 9.47 Å². The van der Waals surface area contributed by atoms with E-state index in [-0.39, 0.29) is 0 Å². The van der Waals surface area contributed by atoms with Crippen LogP contribution in [0.4, 0.5) is 0 Å². The first kappa shape index (κ1) is 13.3. The summed E-state index contributed by atoms with van der Waals surface area (Å²) in [6.45, 7) is 7.67. The average molecular weight is 227 g/mol. The lowest BCUT2D eigenvalue weighted by Gasteiger charge is -2.23. The van der Waals surface area contributed by atoms with E-state index in [2.05, 4.69) is 18.8 Å². The molecule has 3 heteroatoms. The van der Waals surface area contributed by atoms with E-state index in [0.29, 0.717) is 24.7 Å². The van der Waals surface area contributed by atoms with Gasteiger partial charge in [0.1, 0.15) is 6.10 Å². The summed E-state index contributed by atoms with van der Waals surface area (Å²) >= 11 is 0. The molecule has 1 fully saturated rings. The second-order valence-corrected chi connectivity index (χ2v) is 4.81. The molecule has 1 aliphatic rings. The van der Waals surface area contributed by atoms with E-state index in [1.54, 1.807) is 0 Å². The van der Waals surface area contributed by atoms with Crippen molar-refractivity contribution in [2.45, 2.75) is 59.0 Å². The molecule has 3 nitrogen and oxygen atoms in total. The van der Waals surface area contributed by atoms with Crippen LogP contribution in [-0.4, -0.2) is 25.3 Å². The normalized spacial score (nSPS) is 18.9. The summed E-state index contributed by atoms with van der Waals surface area (Å²) in [5, 5.41) is 0. The Bertz CT molecular complexity index is 208. The van der Waals surface area contributed by atoms with E-state index in [4.69, 9.17) is 9.47 Å². The highest BCUT2D eigenvalue weighted by molar-refractivity contribution is 5.67. The van der Waals surface area contributed by atoms with Crippen LogP contribution in [0.2, 0.25) is 0 Å². The Balaban J connectivity index is 2.39. The molecule has 0 aromatic rings. The van der Waals surface area contributed by atoms with Crippen molar-refractivity contribution < 1.29 is 9.47 Å². The molecule has 0 amide bonds. The third kappa shape index (κ3) is 5.38. The Morgan fingerprint density at radius 3 is 2.50 bits per heavy atom. The Morgan fingerprint density at radius 1 is 1.25 bits per heavy atom. The molecule has 94 valence electrons. The third-order valence-electron chi connectivity index (χ3n) is 2.67. The van der Waals surface area contributed by atoms with Gasteiger partial charge in [0.2, 0.25) is 0 Å². The maximum atomic E-state index is 5.81. The van der Waals surface area contributed by atoms with Gasteiger partial charge in [0.25, 0.3) is 0 Å². The summed E-state index contributed by atoms with van der Waals surface area (Å²) in [5.74, 6) is 0.547. The van der Waals surface area contributed by atoms with Gasteiger partial charge >= 0.3 is 6.08 Å². The monoisotopic (exact) mass is 227 g/mol. The van der Waals surface area contributed by atoms with Crippen LogP contribution >= 0.6 is 0 Å². The zero-order valence-electron chi connectivity index (χ0n) is 10.9. The number of rotatable bonds is 4. The van der Waals surface area contributed by atoms with Crippen molar-refractivity contribution in [1.29, 1.82) is 0 Å². The topological polar surface area (TPSA) is 30.8 Å². The predicted molar refractivity (Wildman–Crippen MR) is 66.7 cm³/mol. The molecule has 0 saturated heterocycles. The molecule has 1 rings (SSSR count). The quantitative estimate of drug-likeness (QED) is 0.544. The van der Waals surface area contributed by atoms with Crippen molar-refractivity contribution in [3.05, 3.63) is 0 Å². The van der Waals surface area contributed by atoms with Gasteiger partial charge in [0.15, 0.2) is 0 Å². The minimum absolute atomic E-state index is 0.325. The summed E-state index contributed by atoms with van der Waals surface area (Å²) < 4.78 is 11.2. The minimum Gasteiger partial charge on any atom is -0.451 e. The highest BCUT2D eigenvalue weighted by atomic mass is 16.7. The van der Waals surface area contributed by atoms with Gasteiger partial charge in [-0.1, -0.05) is 20.3 Å². The molecular formula is C13H25NO2. The Labute approximate surface area is 99.2 Å². The summed E-state index contributed by atoms with van der Waals surface area (Å²) in [6, 6.07) is 0. The Morgan fingerprint density at radius 2 is 1.94 bits per heavy atom. The molecule has 0 bridgehead atoms. The second-order valence-electron chi connectivity index (χ2n) is 4.81. The molecule has 0 aromatic carbocycles. The van der Waals surface area contributed by atoms with Crippen LogP contribution in [-0.2, 0) is 9.47 Å². The predicted octanol–water partition coefficient (Wildman–Crippen LogP) is 3.38. The van der Waals surface area contributed by atoms with E-state index >= 15 is 0 Å². The summed E-state index contributed by atoms with van der Waals surface area (Å²) in [7, 11) is 0. The van der Waals surface area contributed by atoms with E-state index < -0.39 is 0 Å². The summed E-state index contributed by atoms with van der Waals surface area (Å²) in [4.78, 5) is 4.38. The molecule has 0 N–H and O–H groups in total. The average Bonchev–Trinajstić information content (AvgIpc) is 2.27. The van der Waals surface area contributed by atoms with Gasteiger partial charge in [0.05, 0.1) is 6.61 Å². The molecular weight excluding hydrogens is 202 g/mol. The van der Waals surface area contributed by atoms with Gasteiger partial charge in [-0.2, -0.15) is 0 Å². The first-order chi connectivity index (χ1) is 7.72. The van der Waals surface area contributed by atoms with Crippen molar-refractivity contribution in [2.75, 3.05) is 13.2 Å². The smallest absolute Gasteiger partial charge is 0.383 e. The lowest BCUT2D eigenvalue weighted by atomic mass is 9.98. The molecule has 0 spiro atoms. The molecule has 0 heterocycles. The molecule has 0 unspecified atom stereocenters. The third-order valence-corrected chi connectivity index (χ3v) is 2.67. The number of hydrogen-bond donors (Lipinski definition) is 0. The fraction of sp³-hybridized carbons (Fsp3) is 0.923. The lowest BCUT2D eigenvalue weighted by molar-refractivity contribution is 0.0843. The van der Waals surface area contributed by atoms with Gasteiger partial charge in [-0.25, -0.2) is 4.99 Å². The van der Waals surface area contributed by atoms with Crippen LogP contribution in [0.15, 0.2) is 4.99 Å². The Hall–Kier alpha value is -0.730. The Kier molecular flexibility index (Phi) is 6.27. The number of hydrogen-bond acceptors (Lipinski definition) is 3. The van der Waals surface area contributed by atoms with Crippen LogP contribution in [0.3, 0.4) is 0 Å². The van der Waals surface area contributed by atoms with E-state index in [9.17, 15) is 0 Å². The number of aliphatic imine (C=N–C) groups is 1. The lowest BCUT2D eigenvalue weighted by Crippen LogP contribution is -2.23. The minimum atomic E-state index is 0.325. The van der Waals surface area contributed by atoms with Gasteiger partial charge in [-0.15, -0.1) is 0 Å². The van der Waals surface area contributed by atoms with Crippen molar-refractivity contribution in [2.24, 2.45) is 10.9 Å². The zero-order chi connectivity index (χ0) is 11.8. The van der Waals surface area contributed by atoms with Crippen molar-refractivity contribution >= 4 is 6.08 Å². The van der Waals surface area contributed by atoms with Crippen LogP contribution in [0.1, 0.15) is 52.9 Å². The number of nitrogens with zero attached hydrogens (tertiary/aromatic N) is 1. The van der Waals surface area contributed by atoms with Crippen LogP contribution in [0.5, 0.6) is 0 Å². The molecule has 0 aliphatic heterocycles. The van der Waals surface area contributed by atoms with Crippen LogP contribution < -0.4 is 0 Å². The fourth-order valence-corrected chi connectivity index (χ4v) is 1.82. The SMILES string of the molecule is CCOC(=NCC(C)C)OC1CCCCC1. The fourth-order valence-electron chi connectivity index (χ4n) is 1.82. The second kappa shape index (κ2) is 7.53. The standard InChI is InChI=1S/C13H25NO2/c1-4-15-13(14-10-11(2)3)16-12-8-6-5-7-9-12/h11-12H,4-10H2,1-3H3. The largest absolute Gasteiger partial charge is 0.451 e. The molecule has 1 saturated carbocycles.